The number of nitrogens with one attached hydrogen (secondary N) is 1. The van der Waals surface area contributed by atoms with Crippen LogP contribution in [0, 0.1) is 11.7 Å². The van der Waals surface area contributed by atoms with Crippen LogP contribution < -0.4 is 15.8 Å². The van der Waals surface area contributed by atoms with Crippen molar-refractivity contribution in [1.82, 2.24) is 9.97 Å². The van der Waals surface area contributed by atoms with Gasteiger partial charge in [0, 0.05) is 29.6 Å². The van der Waals surface area contributed by atoms with Crippen molar-refractivity contribution in [2.45, 2.75) is 38.3 Å². The van der Waals surface area contributed by atoms with Gasteiger partial charge in [0.15, 0.2) is 0 Å². The fraction of sp³-hybridized carbons (Fsp3) is 0.333. The number of hydrogen-bond acceptors (Lipinski definition) is 5. The number of aromatic nitrogens is 2. The number of ether oxygens (including phenoxy) is 1. The van der Waals surface area contributed by atoms with E-state index in [1.165, 1.54) is 12.1 Å². The molecule has 0 aliphatic heterocycles. The third kappa shape index (κ3) is 5.71. The largest absolute Gasteiger partial charge is 0.487 e. The molecule has 1 saturated carbocycles. The summed E-state index contributed by atoms with van der Waals surface area (Å²) in [4.78, 5) is 8.73. The fourth-order valence-electron chi connectivity index (χ4n) is 3.93. The molecule has 0 saturated heterocycles. The minimum atomic E-state index is -0.284. The van der Waals surface area contributed by atoms with E-state index >= 15 is 0 Å². The molecule has 7 heteroatoms. The normalized spacial score (nSPS) is 18.5. The maximum Gasteiger partial charge on any atom is 0.138 e. The van der Waals surface area contributed by atoms with E-state index in [1.54, 1.807) is 24.7 Å². The summed E-state index contributed by atoms with van der Waals surface area (Å²) in [5.74, 6) is 1.73. The highest BCUT2D eigenvalue weighted by Gasteiger charge is 2.20. The van der Waals surface area contributed by atoms with E-state index in [2.05, 4.69) is 15.3 Å². The van der Waals surface area contributed by atoms with E-state index in [9.17, 15) is 4.39 Å². The average Bonchev–Trinajstić information content (AvgIpc) is 2.80. The van der Waals surface area contributed by atoms with Crippen molar-refractivity contribution in [3.05, 3.63) is 71.4 Å². The van der Waals surface area contributed by atoms with Crippen LogP contribution in [0.5, 0.6) is 5.75 Å². The quantitative estimate of drug-likeness (QED) is 0.511. The number of halogens is 2. The number of anilines is 1. The molecule has 0 radical (unpaired) electrons. The Morgan fingerprint density at radius 3 is 2.71 bits per heavy atom. The number of rotatable bonds is 7. The Labute approximate surface area is 186 Å². The SMILES string of the molecule is NCC1CCC(Nc2cc(-c3cncc(OCc4cccc(F)c4)c3)c(Cl)cn2)CC1. The van der Waals surface area contributed by atoms with Crippen molar-refractivity contribution in [3.8, 4) is 16.9 Å². The molecule has 0 amide bonds. The summed E-state index contributed by atoms with van der Waals surface area (Å²) in [5.41, 5.74) is 8.21. The maximum absolute atomic E-state index is 13.4. The Hall–Kier alpha value is -2.70. The molecule has 5 nitrogen and oxygen atoms in total. The molecular weight excluding hydrogens is 415 g/mol. The molecule has 1 aromatic carbocycles. The molecule has 1 fully saturated rings. The molecule has 1 aliphatic carbocycles. The van der Waals surface area contributed by atoms with E-state index in [0.29, 0.717) is 22.7 Å². The van der Waals surface area contributed by atoms with E-state index in [1.807, 2.05) is 18.2 Å². The van der Waals surface area contributed by atoms with Crippen molar-refractivity contribution in [3.63, 3.8) is 0 Å². The molecule has 3 aromatic rings. The van der Waals surface area contributed by atoms with Gasteiger partial charge in [-0.05, 0) is 68.0 Å². The highest BCUT2D eigenvalue weighted by Crippen LogP contribution is 2.32. The first-order valence-corrected chi connectivity index (χ1v) is 10.9. The van der Waals surface area contributed by atoms with Crippen LogP contribution >= 0.6 is 11.6 Å². The fourth-order valence-corrected chi connectivity index (χ4v) is 4.14. The van der Waals surface area contributed by atoms with Gasteiger partial charge in [0.1, 0.15) is 24.0 Å². The van der Waals surface area contributed by atoms with Crippen LogP contribution in [0.25, 0.3) is 11.1 Å². The smallest absolute Gasteiger partial charge is 0.138 e. The van der Waals surface area contributed by atoms with Gasteiger partial charge in [-0.1, -0.05) is 23.7 Å². The van der Waals surface area contributed by atoms with Gasteiger partial charge in [-0.25, -0.2) is 9.37 Å². The van der Waals surface area contributed by atoms with Crippen LogP contribution in [0.2, 0.25) is 5.02 Å². The molecule has 4 rings (SSSR count). The van der Waals surface area contributed by atoms with Gasteiger partial charge >= 0.3 is 0 Å². The van der Waals surface area contributed by atoms with E-state index in [-0.39, 0.29) is 12.4 Å². The van der Waals surface area contributed by atoms with Gasteiger partial charge in [0.2, 0.25) is 0 Å². The van der Waals surface area contributed by atoms with Crippen LogP contribution in [-0.2, 0) is 6.61 Å². The number of pyridine rings is 2. The molecule has 3 N–H and O–H groups in total. The van der Waals surface area contributed by atoms with Gasteiger partial charge in [-0.2, -0.15) is 0 Å². The molecule has 0 unspecified atom stereocenters. The number of nitrogens with zero attached hydrogens (tertiary/aromatic N) is 2. The summed E-state index contributed by atoms with van der Waals surface area (Å²) in [5, 5.41) is 4.07. The van der Waals surface area contributed by atoms with Crippen molar-refractivity contribution in [1.29, 1.82) is 0 Å². The second-order valence-electron chi connectivity index (χ2n) is 7.97. The lowest BCUT2D eigenvalue weighted by Crippen LogP contribution is -2.29. The Kier molecular flexibility index (Phi) is 6.99. The summed E-state index contributed by atoms with van der Waals surface area (Å²) < 4.78 is 19.2. The lowest BCUT2D eigenvalue weighted by atomic mass is 9.86. The standard InChI is InChI=1S/C24H26ClFN4O/c25-23-14-29-24(30-20-6-4-16(11-27)5-7-20)10-22(23)18-9-21(13-28-12-18)31-15-17-2-1-3-19(26)8-17/h1-3,8-10,12-14,16,20H,4-7,11,15,27H2,(H,29,30). The molecule has 31 heavy (non-hydrogen) atoms. The third-order valence-electron chi connectivity index (χ3n) is 5.71. The highest BCUT2D eigenvalue weighted by atomic mass is 35.5. The predicted octanol–water partition coefficient (Wildman–Crippen LogP) is 5.44. The molecule has 2 heterocycles. The first-order chi connectivity index (χ1) is 15.1. The van der Waals surface area contributed by atoms with Crippen LogP contribution in [0.4, 0.5) is 10.2 Å². The summed E-state index contributed by atoms with van der Waals surface area (Å²) in [7, 11) is 0. The highest BCUT2D eigenvalue weighted by molar-refractivity contribution is 6.33. The second kappa shape index (κ2) is 10.1. The number of hydrogen-bond donors (Lipinski definition) is 2. The van der Waals surface area contributed by atoms with E-state index in [4.69, 9.17) is 22.1 Å². The molecule has 2 aromatic heterocycles. The maximum atomic E-state index is 13.4. The summed E-state index contributed by atoms with van der Waals surface area (Å²) >= 11 is 6.44. The molecule has 0 spiro atoms. The zero-order valence-corrected chi connectivity index (χ0v) is 18.0. The lowest BCUT2D eigenvalue weighted by molar-refractivity contribution is 0.304. The van der Waals surface area contributed by atoms with Crippen LogP contribution in [0.1, 0.15) is 31.2 Å². The van der Waals surface area contributed by atoms with Gasteiger partial charge in [0.25, 0.3) is 0 Å². The van der Waals surface area contributed by atoms with Crippen LogP contribution in [0.15, 0.2) is 55.0 Å². The van der Waals surface area contributed by atoms with Gasteiger partial charge in [0.05, 0.1) is 11.2 Å². The summed E-state index contributed by atoms with van der Waals surface area (Å²) in [6, 6.07) is 10.6. The Morgan fingerprint density at radius 2 is 1.94 bits per heavy atom. The van der Waals surface area contributed by atoms with Gasteiger partial charge in [-0.3, -0.25) is 4.98 Å². The Balaban J connectivity index is 1.46. The summed E-state index contributed by atoms with van der Waals surface area (Å²) in [6.45, 7) is 1.02. The first-order valence-electron chi connectivity index (χ1n) is 10.6. The van der Waals surface area contributed by atoms with Gasteiger partial charge in [-0.15, -0.1) is 0 Å². The predicted molar refractivity (Wildman–Crippen MR) is 122 cm³/mol. The van der Waals surface area contributed by atoms with Crippen molar-refractivity contribution < 1.29 is 9.13 Å². The average molecular weight is 441 g/mol. The number of nitrogens with two attached hydrogens (primary N) is 1. The lowest BCUT2D eigenvalue weighted by Gasteiger charge is -2.28. The molecule has 1 aliphatic rings. The zero-order chi connectivity index (χ0) is 21.6. The number of benzene rings is 1. The van der Waals surface area contributed by atoms with Crippen molar-refractivity contribution in [2.24, 2.45) is 11.7 Å². The minimum absolute atomic E-state index is 0.255. The van der Waals surface area contributed by atoms with Gasteiger partial charge < -0.3 is 15.8 Å². The zero-order valence-electron chi connectivity index (χ0n) is 17.2. The Morgan fingerprint density at radius 1 is 1.10 bits per heavy atom. The van der Waals surface area contributed by atoms with E-state index < -0.39 is 0 Å². The van der Waals surface area contributed by atoms with Crippen molar-refractivity contribution in [2.75, 3.05) is 11.9 Å². The van der Waals surface area contributed by atoms with Crippen LogP contribution in [-0.4, -0.2) is 22.6 Å². The molecule has 0 atom stereocenters. The Bertz CT molecular complexity index is 1020. The third-order valence-corrected chi connectivity index (χ3v) is 6.01. The molecular formula is C24H26ClFN4O. The molecule has 0 bridgehead atoms. The topological polar surface area (TPSA) is 73.1 Å². The minimum Gasteiger partial charge on any atom is -0.487 e. The molecule has 162 valence electrons. The first kappa shape index (κ1) is 21.5. The van der Waals surface area contributed by atoms with E-state index in [0.717, 1.165) is 54.7 Å². The summed E-state index contributed by atoms with van der Waals surface area (Å²) in [6.07, 6.45) is 9.50. The van der Waals surface area contributed by atoms with Crippen molar-refractivity contribution >= 4 is 17.4 Å². The van der Waals surface area contributed by atoms with Crippen LogP contribution in [0.3, 0.4) is 0 Å². The second-order valence-corrected chi connectivity index (χ2v) is 8.38. The monoisotopic (exact) mass is 440 g/mol.